The van der Waals surface area contributed by atoms with Crippen molar-refractivity contribution in [1.82, 2.24) is 19.8 Å². The number of hydrogen-bond acceptors (Lipinski definition) is 4. The average Bonchev–Trinajstić information content (AvgIpc) is 2.48. The molecule has 2 heterocycles. The molecule has 0 spiro atoms. The highest BCUT2D eigenvalue weighted by atomic mass is 15.2. The van der Waals surface area contributed by atoms with Gasteiger partial charge in [0.25, 0.3) is 0 Å². The van der Waals surface area contributed by atoms with Crippen molar-refractivity contribution < 1.29 is 0 Å². The molecule has 118 valence electrons. The summed E-state index contributed by atoms with van der Waals surface area (Å²) in [4.78, 5) is 13.7. The summed E-state index contributed by atoms with van der Waals surface area (Å²) in [6.07, 6.45) is 10.4. The molecule has 0 N–H and O–H groups in total. The minimum Gasteiger partial charge on any atom is -0.301 e. The lowest BCUT2D eigenvalue weighted by molar-refractivity contribution is 0.0547. The quantitative estimate of drug-likeness (QED) is 0.806. The van der Waals surface area contributed by atoms with Gasteiger partial charge in [-0.15, -0.1) is 0 Å². The third-order valence-corrected chi connectivity index (χ3v) is 4.72. The molecule has 0 bridgehead atoms. The summed E-state index contributed by atoms with van der Waals surface area (Å²) < 4.78 is 0. The Bertz CT molecular complexity index is 412. The molecule has 0 amide bonds. The molecule has 4 heteroatoms. The molecule has 1 atom stereocenters. The Balaban J connectivity index is 1.88. The van der Waals surface area contributed by atoms with E-state index in [1.165, 1.54) is 32.4 Å². The molecule has 0 saturated carbocycles. The van der Waals surface area contributed by atoms with Crippen molar-refractivity contribution in [2.75, 3.05) is 26.7 Å². The number of rotatable bonds is 6. The van der Waals surface area contributed by atoms with Crippen molar-refractivity contribution in [3.8, 4) is 0 Å². The van der Waals surface area contributed by atoms with Crippen LogP contribution in [0.4, 0.5) is 0 Å². The van der Waals surface area contributed by atoms with Crippen LogP contribution in [0, 0.1) is 0 Å². The smallest absolute Gasteiger partial charge is 0.0602 e. The molecule has 1 unspecified atom stereocenters. The lowest BCUT2D eigenvalue weighted by atomic mass is 9.97. The second kappa shape index (κ2) is 7.32. The van der Waals surface area contributed by atoms with E-state index in [2.05, 4.69) is 47.6 Å². The summed E-state index contributed by atoms with van der Waals surface area (Å²) in [5, 5.41) is 0. The van der Waals surface area contributed by atoms with Gasteiger partial charge in [-0.1, -0.05) is 6.42 Å². The van der Waals surface area contributed by atoms with Crippen LogP contribution in [-0.2, 0) is 6.42 Å². The molecule has 4 nitrogen and oxygen atoms in total. The van der Waals surface area contributed by atoms with E-state index < -0.39 is 0 Å². The maximum Gasteiger partial charge on any atom is 0.0602 e. The normalized spacial score (nSPS) is 18.9. The van der Waals surface area contributed by atoms with E-state index in [0.29, 0.717) is 6.04 Å². The average molecular weight is 290 g/mol. The van der Waals surface area contributed by atoms with E-state index in [0.717, 1.165) is 18.7 Å². The van der Waals surface area contributed by atoms with E-state index in [9.17, 15) is 0 Å². The fourth-order valence-electron chi connectivity index (χ4n) is 3.26. The summed E-state index contributed by atoms with van der Waals surface area (Å²) in [6, 6.07) is 0.478. The van der Waals surface area contributed by atoms with E-state index in [1.54, 1.807) is 12.4 Å². The minimum atomic E-state index is 0.242. The van der Waals surface area contributed by atoms with Gasteiger partial charge in [-0.2, -0.15) is 0 Å². The fraction of sp³-hybridized carbons (Fsp3) is 0.765. The lowest BCUT2D eigenvalue weighted by Gasteiger charge is -2.44. The Morgan fingerprint density at radius 2 is 1.95 bits per heavy atom. The molecule has 2 rings (SSSR count). The summed E-state index contributed by atoms with van der Waals surface area (Å²) in [5.74, 6) is 0. The molecule has 0 radical (unpaired) electrons. The Morgan fingerprint density at radius 1 is 1.24 bits per heavy atom. The Hall–Kier alpha value is -1.00. The van der Waals surface area contributed by atoms with Crippen molar-refractivity contribution in [3.63, 3.8) is 0 Å². The van der Waals surface area contributed by atoms with Crippen LogP contribution >= 0.6 is 0 Å². The van der Waals surface area contributed by atoms with Crippen LogP contribution in [0.5, 0.6) is 0 Å². The number of nitrogens with zero attached hydrogens (tertiary/aromatic N) is 4. The van der Waals surface area contributed by atoms with E-state index in [1.807, 2.05) is 6.20 Å². The van der Waals surface area contributed by atoms with E-state index >= 15 is 0 Å². The van der Waals surface area contributed by atoms with E-state index in [4.69, 9.17) is 0 Å². The lowest BCUT2D eigenvalue weighted by Crippen LogP contribution is -2.54. The van der Waals surface area contributed by atoms with Gasteiger partial charge in [0.15, 0.2) is 0 Å². The van der Waals surface area contributed by atoms with Gasteiger partial charge in [-0.25, -0.2) is 0 Å². The van der Waals surface area contributed by atoms with Crippen LogP contribution in [0.15, 0.2) is 18.6 Å². The van der Waals surface area contributed by atoms with Crippen molar-refractivity contribution in [2.24, 2.45) is 0 Å². The second-order valence-electron chi connectivity index (χ2n) is 7.03. The highest BCUT2D eigenvalue weighted by molar-refractivity contribution is 4.98. The first kappa shape index (κ1) is 16.4. The molecular formula is C17H30N4. The van der Waals surface area contributed by atoms with Gasteiger partial charge in [0.1, 0.15) is 0 Å². The van der Waals surface area contributed by atoms with Crippen molar-refractivity contribution in [1.29, 1.82) is 0 Å². The predicted octanol–water partition coefficient (Wildman–Crippen LogP) is 2.60. The van der Waals surface area contributed by atoms with Gasteiger partial charge >= 0.3 is 0 Å². The van der Waals surface area contributed by atoms with Crippen molar-refractivity contribution in [2.45, 2.75) is 58.0 Å². The summed E-state index contributed by atoms with van der Waals surface area (Å²) in [7, 11) is 2.23. The zero-order valence-corrected chi connectivity index (χ0v) is 14.0. The van der Waals surface area contributed by atoms with Gasteiger partial charge < -0.3 is 4.90 Å². The SMILES string of the molecule is CC(Cc1cnccn1)N(C)CC(C)(C)N1CCCCC1. The van der Waals surface area contributed by atoms with Gasteiger partial charge in [0.2, 0.25) is 0 Å². The first-order chi connectivity index (χ1) is 9.99. The third-order valence-electron chi connectivity index (χ3n) is 4.72. The predicted molar refractivity (Wildman–Crippen MR) is 87.3 cm³/mol. The number of likely N-dealkylation sites (N-methyl/N-ethyl adjacent to an activating group) is 1. The van der Waals surface area contributed by atoms with Crippen LogP contribution < -0.4 is 0 Å². The first-order valence-electron chi connectivity index (χ1n) is 8.19. The molecule has 1 fully saturated rings. The van der Waals surface area contributed by atoms with Gasteiger partial charge in [0, 0.05) is 43.1 Å². The number of hydrogen-bond donors (Lipinski definition) is 0. The van der Waals surface area contributed by atoms with Crippen molar-refractivity contribution >= 4 is 0 Å². The molecule has 1 aromatic heterocycles. The second-order valence-corrected chi connectivity index (χ2v) is 7.03. The number of aromatic nitrogens is 2. The van der Waals surface area contributed by atoms with Gasteiger partial charge in [-0.3, -0.25) is 14.9 Å². The Labute approximate surface area is 129 Å². The summed E-state index contributed by atoms with van der Waals surface area (Å²) in [5.41, 5.74) is 1.32. The molecule has 1 saturated heterocycles. The molecule has 1 aliphatic rings. The molecule has 1 aromatic rings. The summed E-state index contributed by atoms with van der Waals surface area (Å²) >= 11 is 0. The maximum atomic E-state index is 4.39. The number of piperidine rings is 1. The standard InChI is InChI=1S/C17H30N4/c1-15(12-16-13-18-8-9-19-16)20(4)14-17(2,3)21-10-6-5-7-11-21/h8-9,13,15H,5-7,10-12,14H2,1-4H3. The molecular weight excluding hydrogens is 260 g/mol. The maximum absolute atomic E-state index is 4.39. The van der Waals surface area contributed by atoms with Gasteiger partial charge in [-0.05, 0) is 53.8 Å². The highest BCUT2D eigenvalue weighted by Crippen LogP contribution is 2.22. The number of likely N-dealkylation sites (tertiary alicyclic amines) is 1. The van der Waals surface area contributed by atoms with Gasteiger partial charge in [0.05, 0.1) is 5.69 Å². The third kappa shape index (κ3) is 4.75. The van der Waals surface area contributed by atoms with Crippen molar-refractivity contribution in [3.05, 3.63) is 24.3 Å². The largest absolute Gasteiger partial charge is 0.301 e. The Kier molecular flexibility index (Phi) is 5.71. The topological polar surface area (TPSA) is 32.3 Å². The molecule has 1 aliphatic heterocycles. The van der Waals surface area contributed by atoms with Crippen LogP contribution in [0.2, 0.25) is 0 Å². The van der Waals surface area contributed by atoms with Crippen LogP contribution in [-0.4, -0.2) is 58.0 Å². The monoisotopic (exact) mass is 290 g/mol. The molecule has 21 heavy (non-hydrogen) atoms. The van der Waals surface area contributed by atoms with Crippen LogP contribution in [0.25, 0.3) is 0 Å². The fourth-order valence-corrected chi connectivity index (χ4v) is 3.26. The van der Waals surface area contributed by atoms with Crippen LogP contribution in [0.1, 0.15) is 45.7 Å². The Morgan fingerprint density at radius 3 is 2.57 bits per heavy atom. The minimum absolute atomic E-state index is 0.242. The molecule has 0 aromatic carbocycles. The highest BCUT2D eigenvalue weighted by Gasteiger charge is 2.30. The first-order valence-corrected chi connectivity index (χ1v) is 8.19. The molecule has 0 aliphatic carbocycles. The summed E-state index contributed by atoms with van der Waals surface area (Å²) in [6.45, 7) is 10.6. The van der Waals surface area contributed by atoms with Crippen LogP contribution in [0.3, 0.4) is 0 Å². The zero-order chi connectivity index (χ0) is 15.3. The van der Waals surface area contributed by atoms with E-state index in [-0.39, 0.29) is 5.54 Å². The zero-order valence-electron chi connectivity index (χ0n) is 14.0.